The Morgan fingerprint density at radius 3 is 2.00 bits per heavy atom. The summed E-state index contributed by atoms with van der Waals surface area (Å²) in [5.74, 6) is 0. The third-order valence-corrected chi connectivity index (χ3v) is 4.06. The summed E-state index contributed by atoms with van der Waals surface area (Å²) in [6.07, 6.45) is 0. The third kappa shape index (κ3) is 2.70. The van der Waals surface area contributed by atoms with Gasteiger partial charge in [-0.1, -0.05) is 36.4 Å². The van der Waals surface area contributed by atoms with Crippen molar-refractivity contribution in [2.24, 2.45) is 5.73 Å². The van der Waals surface area contributed by atoms with E-state index in [-0.39, 0.29) is 6.04 Å². The van der Waals surface area contributed by atoms with Gasteiger partial charge in [-0.3, -0.25) is 0 Å². The van der Waals surface area contributed by atoms with Crippen molar-refractivity contribution < 1.29 is 0 Å². The monoisotopic (exact) mass is 268 g/mol. The second-order valence-electron chi connectivity index (χ2n) is 5.45. The summed E-state index contributed by atoms with van der Waals surface area (Å²) in [4.78, 5) is 2.30. The lowest BCUT2D eigenvalue weighted by Crippen LogP contribution is -2.32. The van der Waals surface area contributed by atoms with E-state index < -0.39 is 0 Å². The van der Waals surface area contributed by atoms with Crippen LogP contribution in [0.15, 0.2) is 42.5 Å². The molecular formula is C18H24N2. The minimum atomic E-state index is 0.206. The average molecular weight is 268 g/mol. The van der Waals surface area contributed by atoms with Gasteiger partial charge in [0, 0.05) is 19.3 Å². The van der Waals surface area contributed by atoms with Gasteiger partial charge in [0.25, 0.3) is 0 Å². The summed E-state index contributed by atoms with van der Waals surface area (Å²) in [5.41, 5.74) is 12.6. The molecule has 2 aromatic carbocycles. The molecular weight excluding hydrogens is 244 g/mol. The first-order valence-electron chi connectivity index (χ1n) is 7.11. The van der Waals surface area contributed by atoms with Crippen LogP contribution >= 0.6 is 0 Å². The number of rotatable bonds is 4. The number of nitrogens with two attached hydrogens (primary N) is 1. The van der Waals surface area contributed by atoms with E-state index in [1.807, 2.05) is 0 Å². The highest BCUT2D eigenvalue weighted by Crippen LogP contribution is 2.30. The van der Waals surface area contributed by atoms with Crippen LogP contribution in [0.3, 0.4) is 0 Å². The Hall–Kier alpha value is -1.80. The highest BCUT2D eigenvalue weighted by atomic mass is 15.1. The molecule has 2 nitrogen and oxygen atoms in total. The topological polar surface area (TPSA) is 29.3 Å². The van der Waals surface area contributed by atoms with E-state index in [9.17, 15) is 0 Å². The first-order valence-corrected chi connectivity index (χ1v) is 7.11. The summed E-state index contributed by atoms with van der Waals surface area (Å²) < 4.78 is 0. The molecule has 0 aliphatic rings. The van der Waals surface area contributed by atoms with Crippen molar-refractivity contribution in [2.45, 2.75) is 26.8 Å². The fraction of sp³-hybridized carbons (Fsp3) is 0.333. The first-order chi connectivity index (χ1) is 9.56. The van der Waals surface area contributed by atoms with E-state index in [4.69, 9.17) is 5.73 Å². The van der Waals surface area contributed by atoms with Crippen LogP contribution < -0.4 is 10.6 Å². The fourth-order valence-electron chi connectivity index (χ4n) is 2.95. The van der Waals surface area contributed by atoms with Gasteiger partial charge in [-0.15, -0.1) is 0 Å². The largest absolute Gasteiger partial charge is 0.366 e. The van der Waals surface area contributed by atoms with Crippen LogP contribution in [0.2, 0.25) is 0 Å². The van der Waals surface area contributed by atoms with Gasteiger partial charge in [0.15, 0.2) is 0 Å². The maximum absolute atomic E-state index is 6.09. The molecule has 0 saturated heterocycles. The number of anilines is 1. The number of nitrogens with zero attached hydrogens (tertiary/aromatic N) is 1. The van der Waals surface area contributed by atoms with E-state index in [0.717, 1.165) is 0 Å². The summed E-state index contributed by atoms with van der Waals surface area (Å²) >= 11 is 0. The molecule has 0 aliphatic carbocycles. The van der Waals surface area contributed by atoms with Crippen molar-refractivity contribution in [3.05, 3.63) is 64.7 Å². The lowest BCUT2D eigenvalue weighted by atomic mass is 9.94. The van der Waals surface area contributed by atoms with Gasteiger partial charge in [0.2, 0.25) is 0 Å². The van der Waals surface area contributed by atoms with Crippen LogP contribution in [0, 0.1) is 20.8 Å². The SMILES string of the molecule is Cc1ccccc1N(C)C(CN)c1c(C)cccc1C. The molecule has 0 fully saturated rings. The Labute approximate surface area is 122 Å². The molecule has 2 N–H and O–H groups in total. The van der Waals surface area contributed by atoms with Crippen LogP contribution in [-0.4, -0.2) is 13.6 Å². The summed E-state index contributed by atoms with van der Waals surface area (Å²) in [6, 6.07) is 15.1. The molecule has 0 aromatic heterocycles. The summed E-state index contributed by atoms with van der Waals surface area (Å²) in [7, 11) is 2.13. The highest BCUT2D eigenvalue weighted by Gasteiger charge is 2.20. The van der Waals surface area contributed by atoms with Crippen molar-refractivity contribution in [2.75, 3.05) is 18.5 Å². The summed E-state index contributed by atoms with van der Waals surface area (Å²) in [6.45, 7) is 7.08. The standard InChI is InChI=1S/C18H24N2/c1-13-8-5-6-11-16(13)20(4)17(12-19)18-14(2)9-7-10-15(18)3/h5-11,17H,12,19H2,1-4H3. The van der Waals surface area contributed by atoms with Gasteiger partial charge in [0.05, 0.1) is 6.04 Å². The number of para-hydroxylation sites is 1. The molecule has 0 spiro atoms. The van der Waals surface area contributed by atoms with Gasteiger partial charge in [-0.25, -0.2) is 0 Å². The molecule has 0 saturated carbocycles. The Bertz CT molecular complexity index is 569. The van der Waals surface area contributed by atoms with Crippen LogP contribution in [0.5, 0.6) is 0 Å². The van der Waals surface area contributed by atoms with Crippen LogP contribution in [0.1, 0.15) is 28.3 Å². The lowest BCUT2D eigenvalue weighted by Gasteiger charge is -2.32. The van der Waals surface area contributed by atoms with Crippen LogP contribution in [-0.2, 0) is 0 Å². The minimum absolute atomic E-state index is 0.206. The molecule has 2 heteroatoms. The number of likely N-dealkylation sites (N-methyl/N-ethyl adjacent to an activating group) is 1. The molecule has 2 rings (SSSR count). The summed E-state index contributed by atoms with van der Waals surface area (Å²) in [5, 5.41) is 0. The predicted molar refractivity (Wildman–Crippen MR) is 87.3 cm³/mol. The Balaban J connectivity index is 2.45. The molecule has 0 amide bonds. The maximum atomic E-state index is 6.09. The highest BCUT2D eigenvalue weighted by molar-refractivity contribution is 5.55. The van der Waals surface area contributed by atoms with Crippen molar-refractivity contribution in [1.82, 2.24) is 0 Å². The van der Waals surface area contributed by atoms with E-state index in [2.05, 4.69) is 75.2 Å². The molecule has 1 atom stereocenters. The Morgan fingerprint density at radius 2 is 1.45 bits per heavy atom. The van der Waals surface area contributed by atoms with Crippen molar-refractivity contribution in [3.63, 3.8) is 0 Å². The quantitative estimate of drug-likeness (QED) is 0.915. The number of hydrogen-bond acceptors (Lipinski definition) is 2. The van der Waals surface area contributed by atoms with E-state index in [1.54, 1.807) is 0 Å². The van der Waals surface area contributed by atoms with E-state index in [0.29, 0.717) is 6.54 Å². The van der Waals surface area contributed by atoms with Crippen LogP contribution in [0.25, 0.3) is 0 Å². The lowest BCUT2D eigenvalue weighted by molar-refractivity contribution is 0.671. The zero-order valence-corrected chi connectivity index (χ0v) is 12.9. The van der Waals surface area contributed by atoms with Crippen molar-refractivity contribution >= 4 is 5.69 Å². The smallest absolute Gasteiger partial charge is 0.0666 e. The second-order valence-corrected chi connectivity index (χ2v) is 5.45. The van der Waals surface area contributed by atoms with Gasteiger partial charge in [-0.05, 0) is 49.1 Å². The number of hydrogen-bond donors (Lipinski definition) is 1. The number of benzene rings is 2. The molecule has 1 unspecified atom stereocenters. The molecule has 0 aliphatic heterocycles. The zero-order chi connectivity index (χ0) is 14.7. The van der Waals surface area contributed by atoms with Gasteiger partial charge in [-0.2, -0.15) is 0 Å². The Morgan fingerprint density at radius 1 is 0.900 bits per heavy atom. The molecule has 2 aromatic rings. The van der Waals surface area contributed by atoms with Crippen molar-refractivity contribution in [1.29, 1.82) is 0 Å². The maximum Gasteiger partial charge on any atom is 0.0666 e. The second kappa shape index (κ2) is 6.10. The molecule has 0 radical (unpaired) electrons. The van der Waals surface area contributed by atoms with E-state index >= 15 is 0 Å². The predicted octanol–water partition coefficient (Wildman–Crippen LogP) is 3.75. The zero-order valence-electron chi connectivity index (χ0n) is 12.9. The molecule has 106 valence electrons. The average Bonchev–Trinajstić information content (AvgIpc) is 2.43. The van der Waals surface area contributed by atoms with Crippen molar-refractivity contribution in [3.8, 4) is 0 Å². The van der Waals surface area contributed by atoms with Gasteiger partial charge in [0.1, 0.15) is 0 Å². The Kier molecular flexibility index (Phi) is 4.46. The minimum Gasteiger partial charge on any atom is -0.366 e. The molecule has 0 heterocycles. The molecule has 20 heavy (non-hydrogen) atoms. The van der Waals surface area contributed by atoms with E-state index in [1.165, 1.54) is 27.9 Å². The third-order valence-electron chi connectivity index (χ3n) is 4.06. The fourth-order valence-corrected chi connectivity index (χ4v) is 2.95. The van der Waals surface area contributed by atoms with Gasteiger partial charge < -0.3 is 10.6 Å². The number of aryl methyl sites for hydroxylation is 3. The van der Waals surface area contributed by atoms with Gasteiger partial charge >= 0.3 is 0 Å². The molecule has 0 bridgehead atoms. The first kappa shape index (κ1) is 14.6. The van der Waals surface area contributed by atoms with Crippen LogP contribution in [0.4, 0.5) is 5.69 Å². The normalized spacial score (nSPS) is 12.2.